The third-order valence-corrected chi connectivity index (χ3v) is 5.22. The molecule has 0 spiro atoms. The van der Waals surface area contributed by atoms with Crippen molar-refractivity contribution in [1.29, 1.82) is 0 Å². The number of halogens is 3. The third kappa shape index (κ3) is 5.69. The van der Waals surface area contributed by atoms with Crippen molar-refractivity contribution < 1.29 is 23.9 Å². The van der Waals surface area contributed by atoms with Crippen LogP contribution < -0.4 is 4.74 Å². The van der Waals surface area contributed by atoms with Crippen LogP contribution in [0.2, 0.25) is 10.0 Å². The van der Waals surface area contributed by atoms with Crippen LogP contribution in [0.1, 0.15) is 31.1 Å². The Hall–Kier alpha value is -2.67. The van der Waals surface area contributed by atoms with Gasteiger partial charge in [-0.2, -0.15) is 0 Å². The summed E-state index contributed by atoms with van der Waals surface area (Å²) < 4.78 is 11.1. The van der Waals surface area contributed by atoms with Gasteiger partial charge in [-0.05, 0) is 66.7 Å². The van der Waals surface area contributed by atoms with E-state index in [0.29, 0.717) is 16.1 Å². The van der Waals surface area contributed by atoms with Crippen LogP contribution in [0.4, 0.5) is 0 Å². The van der Waals surface area contributed by atoms with Crippen molar-refractivity contribution in [2.75, 3.05) is 6.61 Å². The number of ketones is 1. The topological polar surface area (TPSA) is 69.7 Å². The van der Waals surface area contributed by atoms with E-state index in [1.54, 1.807) is 24.3 Å². The van der Waals surface area contributed by atoms with Gasteiger partial charge in [-0.1, -0.05) is 39.1 Å². The minimum atomic E-state index is -0.693. The molecule has 0 saturated heterocycles. The summed E-state index contributed by atoms with van der Waals surface area (Å²) in [5, 5.41) is 0.524. The molecular formula is C22H13BrCl2O5. The van der Waals surface area contributed by atoms with Gasteiger partial charge < -0.3 is 9.47 Å². The summed E-state index contributed by atoms with van der Waals surface area (Å²) >= 11 is 15.0. The molecule has 0 aliphatic carbocycles. The molecule has 0 fully saturated rings. The molecule has 0 saturated carbocycles. The summed E-state index contributed by atoms with van der Waals surface area (Å²) in [6.45, 7) is -0.447. The fourth-order valence-electron chi connectivity index (χ4n) is 2.38. The van der Waals surface area contributed by atoms with E-state index in [2.05, 4.69) is 15.9 Å². The monoisotopic (exact) mass is 506 g/mol. The first-order chi connectivity index (χ1) is 14.3. The number of rotatable bonds is 6. The average molecular weight is 508 g/mol. The first kappa shape index (κ1) is 22.0. The van der Waals surface area contributed by atoms with Gasteiger partial charge in [0.15, 0.2) is 12.4 Å². The minimum absolute atomic E-state index is 0.187. The van der Waals surface area contributed by atoms with E-state index >= 15 is 0 Å². The second kappa shape index (κ2) is 9.89. The molecule has 0 aromatic heterocycles. The molecular weight excluding hydrogens is 495 g/mol. The standard InChI is InChI=1S/C22H13BrCl2O5/c23-16-6-1-14(2-7-16)22(28)30-17-8-3-13(4-9-17)20(26)12-29-21(27)15-5-10-18(24)19(25)11-15/h1-11H,12H2. The quantitative estimate of drug-likeness (QED) is 0.232. The van der Waals surface area contributed by atoms with Crippen molar-refractivity contribution in [1.82, 2.24) is 0 Å². The summed E-state index contributed by atoms with van der Waals surface area (Å²) in [4.78, 5) is 36.4. The fraction of sp³-hybridized carbons (Fsp3) is 0.0455. The number of carbonyl (C=O) groups excluding carboxylic acids is 3. The second-order valence-electron chi connectivity index (χ2n) is 6.05. The molecule has 0 heterocycles. The number of ether oxygens (including phenoxy) is 2. The lowest BCUT2D eigenvalue weighted by Crippen LogP contribution is -2.14. The molecule has 152 valence electrons. The Labute approximate surface area is 190 Å². The Balaban J connectivity index is 1.56. The molecule has 0 atom stereocenters. The highest BCUT2D eigenvalue weighted by Crippen LogP contribution is 2.23. The summed E-state index contributed by atoms with van der Waals surface area (Å²) in [6, 6.07) is 17.0. The maximum Gasteiger partial charge on any atom is 0.343 e. The lowest BCUT2D eigenvalue weighted by atomic mass is 10.1. The number of hydrogen-bond acceptors (Lipinski definition) is 5. The van der Waals surface area contributed by atoms with Crippen molar-refractivity contribution in [2.24, 2.45) is 0 Å². The van der Waals surface area contributed by atoms with E-state index in [1.807, 2.05) is 0 Å². The highest BCUT2D eigenvalue weighted by Gasteiger charge is 2.14. The summed E-state index contributed by atoms with van der Waals surface area (Å²) in [7, 11) is 0. The van der Waals surface area contributed by atoms with Gasteiger partial charge in [-0.15, -0.1) is 0 Å². The van der Waals surface area contributed by atoms with Crippen molar-refractivity contribution >= 4 is 56.9 Å². The van der Waals surface area contributed by atoms with Gasteiger partial charge in [0.05, 0.1) is 21.2 Å². The van der Waals surface area contributed by atoms with E-state index in [-0.39, 0.29) is 16.3 Å². The van der Waals surface area contributed by atoms with Crippen LogP contribution in [-0.2, 0) is 4.74 Å². The predicted octanol–water partition coefficient (Wildman–Crippen LogP) is 6.01. The second-order valence-corrected chi connectivity index (χ2v) is 7.78. The van der Waals surface area contributed by atoms with Gasteiger partial charge in [0.25, 0.3) is 0 Å². The first-order valence-electron chi connectivity index (χ1n) is 8.56. The number of esters is 2. The Morgan fingerprint density at radius 2 is 1.33 bits per heavy atom. The summed E-state index contributed by atoms with van der Waals surface area (Å²) in [5.74, 6) is -1.33. The zero-order valence-corrected chi connectivity index (χ0v) is 18.3. The number of benzene rings is 3. The van der Waals surface area contributed by atoms with Crippen LogP contribution in [0.3, 0.4) is 0 Å². The maximum absolute atomic E-state index is 12.3. The zero-order chi connectivity index (χ0) is 21.7. The predicted molar refractivity (Wildman–Crippen MR) is 117 cm³/mol. The van der Waals surface area contributed by atoms with Crippen molar-refractivity contribution in [3.8, 4) is 5.75 Å². The maximum atomic E-state index is 12.3. The van der Waals surface area contributed by atoms with E-state index in [1.165, 1.54) is 42.5 Å². The van der Waals surface area contributed by atoms with Gasteiger partial charge in [0, 0.05) is 10.0 Å². The van der Waals surface area contributed by atoms with Crippen LogP contribution in [0.15, 0.2) is 71.2 Å². The van der Waals surface area contributed by atoms with Gasteiger partial charge in [0.1, 0.15) is 5.75 Å². The highest BCUT2D eigenvalue weighted by molar-refractivity contribution is 9.10. The normalized spacial score (nSPS) is 10.4. The van der Waals surface area contributed by atoms with Gasteiger partial charge in [-0.25, -0.2) is 9.59 Å². The highest BCUT2D eigenvalue weighted by atomic mass is 79.9. The largest absolute Gasteiger partial charge is 0.454 e. The van der Waals surface area contributed by atoms with Crippen LogP contribution in [-0.4, -0.2) is 24.3 Å². The van der Waals surface area contributed by atoms with E-state index in [0.717, 1.165) is 4.47 Å². The Kier molecular flexibility index (Phi) is 7.26. The van der Waals surface area contributed by atoms with Crippen molar-refractivity contribution in [3.63, 3.8) is 0 Å². The van der Waals surface area contributed by atoms with Crippen LogP contribution in [0, 0.1) is 0 Å². The first-order valence-corrected chi connectivity index (χ1v) is 10.1. The Bertz CT molecular complexity index is 1100. The molecule has 0 aliphatic rings. The van der Waals surface area contributed by atoms with Crippen LogP contribution in [0.25, 0.3) is 0 Å². The Morgan fingerprint density at radius 3 is 1.97 bits per heavy atom. The molecule has 0 amide bonds. The number of Topliss-reactive ketones (excluding diaryl/α,β-unsaturated/α-hetero) is 1. The molecule has 3 rings (SSSR count). The average Bonchev–Trinajstić information content (AvgIpc) is 2.74. The lowest BCUT2D eigenvalue weighted by molar-refractivity contribution is 0.0474. The molecule has 0 bridgehead atoms. The van der Waals surface area contributed by atoms with Crippen molar-refractivity contribution in [2.45, 2.75) is 0 Å². The van der Waals surface area contributed by atoms with Crippen LogP contribution >= 0.6 is 39.1 Å². The lowest BCUT2D eigenvalue weighted by Gasteiger charge is -2.07. The molecule has 30 heavy (non-hydrogen) atoms. The van der Waals surface area contributed by atoms with Gasteiger partial charge in [0.2, 0.25) is 0 Å². The summed E-state index contributed by atoms with van der Waals surface area (Å²) in [5.41, 5.74) is 0.889. The molecule has 0 aliphatic heterocycles. The van der Waals surface area contributed by atoms with Crippen LogP contribution in [0.5, 0.6) is 5.75 Å². The fourth-order valence-corrected chi connectivity index (χ4v) is 2.94. The Morgan fingerprint density at radius 1 is 0.733 bits per heavy atom. The molecule has 8 heteroatoms. The third-order valence-electron chi connectivity index (χ3n) is 3.96. The summed E-state index contributed by atoms with van der Waals surface area (Å²) in [6.07, 6.45) is 0. The number of hydrogen-bond donors (Lipinski definition) is 0. The smallest absolute Gasteiger partial charge is 0.343 e. The van der Waals surface area contributed by atoms with E-state index < -0.39 is 24.3 Å². The molecule has 3 aromatic carbocycles. The molecule has 0 unspecified atom stereocenters. The van der Waals surface area contributed by atoms with E-state index in [9.17, 15) is 14.4 Å². The van der Waals surface area contributed by atoms with Gasteiger partial charge in [-0.3, -0.25) is 4.79 Å². The minimum Gasteiger partial charge on any atom is -0.454 e. The zero-order valence-electron chi connectivity index (χ0n) is 15.2. The molecule has 0 N–H and O–H groups in total. The SMILES string of the molecule is O=C(COC(=O)c1ccc(Cl)c(Cl)c1)c1ccc(OC(=O)c2ccc(Br)cc2)cc1. The van der Waals surface area contributed by atoms with Crippen molar-refractivity contribution in [3.05, 3.63) is 97.9 Å². The molecule has 3 aromatic rings. The molecule has 5 nitrogen and oxygen atoms in total. The van der Waals surface area contributed by atoms with E-state index in [4.69, 9.17) is 32.7 Å². The molecule has 0 radical (unpaired) electrons. The number of carbonyl (C=O) groups is 3. The van der Waals surface area contributed by atoms with Gasteiger partial charge >= 0.3 is 11.9 Å².